The molecule has 0 nitrogen and oxygen atoms in total. The summed E-state index contributed by atoms with van der Waals surface area (Å²) in [6.45, 7) is 6.72. The summed E-state index contributed by atoms with van der Waals surface area (Å²) >= 11 is 1.82. The fraction of sp³-hybridized carbons (Fsp3) is 0. The monoisotopic (exact) mass is 256 g/mol. The summed E-state index contributed by atoms with van der Waals surface area (Å²) in [6, 6.07) is 0. The van der Waals surface area contributed by atoms with E-state index in [-0.39, 0.29) is 0 Å². The van der Waals surface area contributed by atoms with Crippen LogP contribution < -0.4 is 0 Å². The third kappa shape index (κ3) is 17.9. The quantitative estimate of drug-likeness (QED) is 0.499. The van der Waals surface area contributed by atoms with Crippen molar-refractivity contribution in [3.63, 3.8) is 0 Å². The maximum absolute atomic E-state index is 4.57. The SMILES string of the molecule is C=CC=C.[CH]1[CH][CH][CH][CH]1.[Cl][Ru]. The second-order valence-corrected chi connectivity index (χ2v) is 1.43. The average Bonchev–Trinajstić information content (AvgIpc) is 2.65. The van der Waals surface area contributed by atoms with Crippen LogP contribution in [0.4, 0.5) is 0 Å². The van der Waals surface area contributed by atoms with E-state index in [1.807, 2.05) is 49.4 Å². The summed E-state index contributed by atoms with van der Waals surface area (Å²) in [6.07, 6.45) is 13.3. The summed E-state index contributed by atoms with van der Waals surface area (Å²) in [7, 11) is 4.57. The van der Waals surface area contributed by atoms with Crippen molar-refractivity contribution in [3.05, 3.63) is 57.4 Å². The third-order valence-electron chi connectivity index (χ3n) is 0.722. The molecular weight excluding hydrogens is 245 g/mol. The molecule has 1 fully saturated rings. The molecule has 0 saturated heterocycles. The van der Waals surface area contributed by atoms with Crippen LogP contribution >= 0.6 is 9.69 Å². The average molecular weight is 256 g/mol. The van der Waals surface area contributed by atoms with Crippen LogP contribution in [0.5, 0.6) is 0 Å². The van der Waals surface area contributed by atoms with Gasteiger partial charge in [-0.25, -0.2) is 0 Å². The summed E-state index contributed by atoms with van der Waals surface area (Å²) in [5.74, 6) is 0. The summed E-state index contributed by atoms with van der Waals surface area (Å²) in [5, 5.41) is 0. The molecule has 5 radical (unpaired) electrons. The Kier molecular flexibility index (Phi) is 21.3. The molecule has 0 bridgehead atoms. The molecule has 62 valence electrons. The molecule has 1 aliphatic carbocycles. The van der Waals surface area contributed by atoms with Crippen LogP contribution in [0.25, 0.3) is 0 Å². The first-order valence-electron chi connectivity index (χ1n) is 2.95. The van der Waals surface area contributed by atoms with Crippen molar-refractivity contribution in [2.24, 2.45) is 0 Å². The summed E-state index contributed by atoms with van der Waals surface area (Å²) < 4.78 is 0. The Labute approximate surface area is 84.4 Å². The predicted octanol–water partition coefficient (Wildman–Crippen LogP) is 3.07. The van der Waals surface area contributed by atoms with Crippen molar-refractivity contribution in [1.29, 1.82) is 0 Å². The minimum absolute atomic E-state index is 1.64. The number of hydrogen-bond acceptors (Lipinski definition) is 0. The van der Waals surface area contributed by atoms with E-state index < -0.39 is 0 Å². The Hall–Kier alpha value is 0.393. The minimum atomic E-state index is 1.64. The second kappa shape index (κ2) is 16.8. The summed E-state index contributed by atoms with van der Waals surface area (Å²) in [5.41, 5.74) is 0. The van der Waals surface area contributed by atoms with Crippen molar-refractivity contribution < 1.29 is 17.3 Å². The molecule has 0 unspecified atom stereocenters. The standard InChI is InChI=1S/C5H5.C4H6.ClH.Ru/c1-2-4-5-3-1;1-3-4-2;;/h1-5H;3-4H,1-2H2;1H;/q;;;+1/p-1. The van der Waals surface area contributed by atoms with Gasteiger partial charge in [-0.15, -0.1) is 0 Å². The third-order valence-corrected chi connectivity index (χ3v) is 0.722. The molecule has 11 heavy (non-hydrogen) atoms. The van der Waals surface area contributed by atoms with E-state index in [0.717, 1.165) is 0 Å². The molecule has 0 heterocycles. The van der Waals surface area contributed by atoms with Gasteiger partial charge in [-0.1, -0.05) is 25.3 Å². The van der Waals surface area contributed by atoms with Crippen molar-refractivity contribution >= 4 is 9.69 Å². The Morgan fingerprint density at radius 2 is 1.00 bits per heavy atom. The van der Waals surface area contributed by atoms with E-state index >= 15 is 0 Å². The van der Waals surface area contributed by atoms with Crippen LogP contribution in [0.15, 0.2) is 25.3 Å². The Bertz CT molecular complexity index is 64.0. The number of hydrogen-bond donors (Lipinski definition) is 0. The van der Waals surface area contributed by atoms with Crippen LogP contribution in [-0.2, 0) is 17.3 Å². The molecule has 1 rings (SSSR count). The maximum atomic E-state index is 4.57. The normalized spacial score (nSPS) is 13.3. The van der Waals surface area contributed by atoms with E-state index in [1.165, 1.54) is 0 Å². The number of rotatable bonds is 1. The fourth-order valence-corrected chi connectivity index (χ4v) is 0.321. The predicted molar refractivity (Wildman–Crippen MR) is 47.7 cm³/mol. The van der Waals surface area contributed by atoms with Gasteiger partial charge in [0.1, 0.15) is 0 Å². The molecule has 0 aliphatic heterocycles. The van der Waals surface area contributed by atoms with Crippen molar-refractivity contribution in [2.75, 3.05) is 0 Å². The Balaban J connectivity index is 0. The van der Waals surface area contributed by atoms with Crippen LogP contribution in [0.3, 0.4) is 0 Å². The fourth-order valence-electron chi connectivity index (χ4n) is 0.321. The van der Waals surface area contributed by atoms with Gasteiger partial charge >= 0.3 is 27.0 Å². The topological polar surface area (TPSA) is 0 Å². The summed E-state index contributed by atoms with van der Waals surface area (Å²) in [4.78, 5) is 0. The van der Waals surface area contributed by atoms with Crippen LogP contribution in [0.2, 0.25) is 0 Å². The van der Waals surface area contributed by atoms with Gasteiger partial charge in [-0.3, -0.25) is 0 Å². The van der Waals surface area contributed by atoms with Gasteiger partial charge in [-0.05, 0) is 32.1 Å². The van der Waals surface area contributed by atoms with Gasteiger partial charge in [0.25, 0.3) is 0 Å². The molecule has 1 aliphatic rings. The van der Waals surface area contributed by atoms with Gasteiger partial charge in [-0.2, -0.15) is 0 Å². The van der Waals surface area contributed by atoms with Gasteiger partial charge in [0.15, 0.2) is 0 Å². The van der Waals surface area contributed by atoms with E-state index in [9.17, 15) is 0 Å². The zero-order chi connectivity index (χ0) is 8.95. The second-order valence-electron chi connectivity index (χ2n) is 1.43. The van der Waals surface area contributed by atoms with E-state index in [0.29, 0.717) is 0 Å². The first-order valence-corrected chi connectivity index (χ1v) is 5.19. The van der Waals surface area contributed by atoms with Crippen LogP contribution in [0.1, 0.15) is 0 Å². The number of halogens is 1. The first kappa shape index (κ1) is 13.9. The first-order chi connectivity index (χ1) is 5.41. The van der Waals surface area contributed by atoms with Gasteiger partial charge in [0, 0.05) is 0 Å². The van der Waals surface area contributed by atoms with E-state index in [2.05, 4.69) is 22.8 Å². The molecule has 1 saturated carbocycles. The van der Waals surface area contributed by atoms with E-state index in [1.54, 1.807) is 12.2 Å². The Morgan fingerprint density at radius 3 is 1.09 bits per heavy atom. The van der Waals surface area contributed by atoms with Gasteiger partial charge in [0.05, 0.1) is 0 Å². The van der Waals surface area contributed by atoms with E-state index in [4.69, 9.17) is 0 Å². The Morgan fingerprint density at radius 1 is 0.818 bits per heavy atom. The van der Waals surface area contributed by atoms with Gasteiger partial charge in [0.2, 0.25) is 0 Å². The molecule has 0 aromatic carbocycles. The van der Waals surface area contributed by atoms with Crippen LogP contribution in [-0.4, -0.2) is 0 Å². The zero-order valence-electron chi connectivity index (χ0n) is 6.19. The molecule has 0 N–H and O–H groups in total. The van der Waals surface area contributed by atoms with Crippen molar-refractivity contribution in [3.8, 4) is 0 Å². The van der Waals surface area contributed by atoms with Crippen LogP contribution in [0, 0.1) is 32.1 Å². The van der Waals surface area contributed by atoms with Crippen molar-refractivity contribution in [1.82, 2.24) is 0 Å². The molecule has 0 spiro atoms. The molecule has 0 aromatic rings. The molecular formula is C9H11ClRu. The van der Waals surface area contributed by atoms with Gasteiger partial charge < -0.3 is 0 Å². The molecule has 0 amide bonds. The molecule has 0 aromatic heterocycles. The van der Waals surface area contributed by atoms with Crippen molar-refractivity contribution in [2.45, 2.75) is 0 Å². The number of allylic oxidation sites excluding steroid dienone is 2. The molecule has 0 atom stereocenters. The zero-order valence-corrected chi connectivity index (χ0v) is 8.68. The molecule has 2 heteroatoms.